The van der Waals surface area contributed by atoms with Crippen molar-refractivity contribution in [2.75, 3.05) is 11.9 Å². The largest absolute Gasteiger partial charge is 0.416 e. The van der Waals surface area contributed by atoms with Crippen molar-refractivity contribution in [3.8, 4) is 0 Å². The van der Waals surface area contributed by atoms with E-state index in [0.29, 0.717) is 11.3 Å². The van der Waals surface area contributed by atoms with Gasteiger partial charge in [-0.2, -0.15) is 13.2 Å². The highest BCUT2D eigenvalue weighted by Crippen LogP contribution is 2.32. The van der Waals surface area contributed by atoms with Gasteiger partial charge < -0.3 is 5.32 Å². The summed E-state index contributed by atoms with van der Waals surface area (Å²) in [5.74, 6) is 0.437. The Morgan fingerprint density at radius 1 is 1.29 bits per heavy atom. The van der Waals surface area contributed by atoms with Gasteiger partial charge in [0.2, 0.25) is 5.13 Å². The molecule has 0 bridgehead atoms. The number of aromatic nitrogens is 2. The van der Waals surface area contributed by atoms with Crippen molar-refractivity contribution in [1.29, 1.82) is 0 Å². The first-order valence-corrected chi connectivity index (χ1v) is 8.15. The minimum atomic E-state index is -4.30. The van der Waals surface area contributed by atoms with Crippen LogP contribution in [0.5, 0.6) is 0 Å². The number of benzene rings is 1. The van der Waals surface area contributed by atoms with Crippen LogP contribution < -0.4 is 5.32 Å². The Hall–Kier alpha value is -1.28. The summed E-state index contributed by atoms with van der Waals surface area (Å²) in [4.78, 5) is 0. The minimum absolute atomic E-state index is 0.437. The molecule has 2 rings (SSSR count). The van der Waals surface area contributed by atoms with Gasteiger partial charge in [-0.3, -0.25) is 0 Å². The second kappa shape index (κ2) is 7.13. The normalized spacial score (nSPS) is 11.6. The maximum Gasteiger partial charge on any atom is 0.416 e. The second-order valence-electron chi connectivity index (χ2n) is 4.29. The molecule has 0 saturated carbocycles. The van der Waals surface area contributed by atoms with Gasteiger partial charge in [-0.05, 0) is 18.1 Å². The van der Waals surface area contributed by atoms with Crippen molar-refractivity contribution in [2.45, 2.75) is 29.6 Å². The molecule has 0 unspecified atom stereocenters. The summed E-state index contributed by atoms with van der Waals surface area (Å²) in [5, 5.41) is 11.8. The third-order valence-corrected chi connectivity index (χ3v) is 4.63. The first-order valence-electron chi connectivity index (χ1n) is 6.35. The van der Waals surface area contributed by atoms with Crippen molar-refractivity contribution in [3.63, 3.8) is 0 Å². The molecule has 0 aliphatic carbocycles. The molecule has 21 heavy (non-hydrogen) atoms. The molecule has 1 heterocycles. The highest BCUT2D eigenvalue weighted by atomic mass is 32.2. The van der Waals surface area contributed by atoms with E-state index in [1.807, 2.05) is 0 Å². The molecule has 1 aromatic heterocycles. The van der Waals surface area contributed by atoms with Crippen molar-refractivity contribution in [3.05, 3.63) is 35.4 Å². The molecule has 0 radical (unpaired) electrons. The molecule has 1 N–H and O–H groups in total. The SMILES string of the molecule is CCCNc1nnc(SCc2cccc(C(F)(F)F)c2)s1. The van der Waals surface area contributed by atoms with E-state index in [4.69, 9.17) is 0 Å². The summed E-state index contributed by atoms with van der Waals surface area (Å²) < 4.78 is 38.6. The van der Waals surface area contributed by atoms with E-state index < -0.39 is 11.7 Å². The molecule has 0 atom stereocenters. The third kappa shape index (κ3) is 4.89. The fourth-order valence-electron chi connectivity index (χ4n) is 1.55. The van der Waals surface area contributed by atoms with Crippen LogP contribution in [0.15, 0.2) is 28.6 Å². The van der Waals surface area contributed by atoms with Gasteiger partial charge in [0.25, 0.3) is 0 Å². The molecule has 0 aliphatic rings. The van der Waals surface area contributed by atoms with Crippen LogP contribution >= 0.6 is 23.1 Å². The molecule has 3 nitrogen and oxygen atoms in total. The van der Waals surface area contributed by atoms with E-state index in [1.54, 1.807) is 6.07 Å². The highest BCUT2D eigenvalue weighted by molar-refractivity contribution is 8.00. The van der Waals surface area contributed by atoms with E-state index in [0.717, 1.165) is 28.5 Å². The topological polar surface area (TPSA) is 37.8 Å². The average molecular weight is 333 g/mol. The molecule has 0 amide bonds. The highest BCUT2D eigenvalue weighted by Gasteiger charge is 2.30. The maximum atomic E-state index is 12.6. The number of hydrogen-bond acceptors (Lipinski definition) is 5. The van der Waals surface area contributed by atoms with Crippen molar-refractivity contribution in [1.82, 2.24) is 10.2 Å². The number of halogens is 3. The van der Waals surface area contributed by atoms with Crippen LogP contribution in [0.2, 0.25) is 0 Å². The quantitative estimate of drug-likeness (QED) is 0.780. The molecule has 0 spiro atoms. The van der Waals surface area contributed by atoms with E-state index in [9.17, 15) is 13.2 Å². The average Bonchev–Trinajstić information content (AvgIpc) is 2.90. The zero-order chi connectivity index (χ0) is 15.3. The Kier molecular flexibility index (Phi) is 5.46. The van der Waals surface area contributed by atoms with Crippen LogP contribution in [0.1, 0.15) is 24.5 Å². The smallest absolute Gasteiger partial charge is 0.360 e. The Morgan fingerprint density at radius 2 is 2.10 bits per heavy atom. The zero-order valence-electron chi connectivity index (χ0n) is 11.3. The number of hydrogen-bond donors (Lipinski definition) is 1. The summed E-state index contributed by atoms with van der Waals surface area (Å²) >= 11 is 2.79. The Labute approximate surface area is 129 Å². The molecule has 0 saturated heterocycles. The number of nitrogens with zero attached hydrogens (tertiary/aromatic N) is 2. The van der Waals surface area contributed by atoms with Gasteiger partial charge in [0.1, 0.15) is 0 Å². The summed E-state index contributed by atoms with van der Waals surface area (Å²) in [6.45, 7) is 2.88. The van der Waals surface area contributed by atoms with E-state index in [-0.39, 0.29) is 0 Å². The van der Waals surface area contributed by atoms with Gasteiger partial charge in [-0.25, -0.2) is 0 Å². The number of nitrogens with one attached hydrogen (secondary N) is 1. The van der Waals surface area contributed by atoms with Crippen molar-refractivity contribution >= 4 is 28.2 Å². The molecule has 0 aliphatic heterocycles. The van der Waals surface area contributed by atoms with Gasteiger partial charge in [-0.1, -0.05) is 48.2 Å². The van der Waals surface area contributed by atoms with Crippen LogP contribution in [-0.4, -0.2) is 16.7 Å². The van der Waals surface area contributed by atoms with Crippen LogP contribution in [0, 0.1) is 0 Å². The summed E-state index contributed by atoms with van der Waals surface area (Å²) in [7, 11) is 0. The molecule has 114 valence electrons. The lowest BCUT2D eigenvalue weighted by molar-refractivity contribution is -0.137. The predicted octanol–water partition coefficient (Wildman–Crippen LogP) is 4.67. The van der Waals surface area contributed by atoms with Gasteiger partial charge in [-0.15, -0.1) is 10.2 Å². The fourth-order valence-corrected chi connectivity index (χ4v) is 3.27. The maximum absolute atomic E-state index is 12.6. The van der Waals surface area contributed by atoms with Crippen LogP contribution in [0.3, 0.4) is 0 Å². The van der Waals surface area contributed by atoms with Crippen molar-refractivity contribution in [2.24, 2.45) is 0 Å². The fraction of sp³-hybridized carbons (Fsp3) is 0.385. The number of thioether (sulfide) groups is 1. The van der Waals surface area contributed by atoms with Crippen LogP contribution in [0.25, 0.3) is 0 Å². The Balaban J connectivity index is 1.95. The third-order valence-electron chi connectivity index (χ3n) is 2.55. The molecule has 1 aromatic carbocycles. The number of anilines is 1. The van der Waals surface area contributed by atoms with Crippen LogP contribution in [-0.2, 0) is 11.9 Å². The predicted molar refractivity (Wildman–Crippen MR) is 79.7 cm³/mol. The molecule has 2 aromatic rings. The summed E-state index contributed by atoms with van der Waals surface area (Å²) in [5.41, 5.74) is -0.00347. The molecular formula is C13H14F3N3S2. The minimum Gasteiger partial charge on any atom is -0.360 e. The van der Waals surface area contributed by atoms with Gasteiger partial charge in [0, 0.05) is 12.3 Å². The monoisotopic (exact) mass is 333 g/mol. The zero-order valence-corrected chi connectivity index (χ0v) is 12.9. The second-order valence-corrected chi connectivity index (χ2v) is 6.49. The van der Waals surface area contributed by atoms with Gasteiger partial charge in [0.05, 0.1) is 5.56 Å². The molecular weight excluding hydrogens is 319 g/mol. The Morgan fingerprint density at radius 3 is 2.81 bits per heavy atom. The van der Waals surface area contributed by atoms with Crippen molar-refractivity contribution < 1.29 is 13.2 Å². The summed E-state index contributed by atoms with van der Waals surface area (Å²) in [6.07, 6.45) is -3.31. The summed E-state index contributed by atoms with van der Waals surface area (Å²) in [6, 6.07) is 5.35. The van der Waals surface area contributed by atoms with Gasteiger partial charge in [0.15, 0.2) is 4.34 Å². The first-order chi connectivity index (χ1) is 9.99. The number of alkyl halides is 3. The van der Waals surface area contributed by atoms with Gasteiger partial charge >= 0.3 is 6.18 Å². The number of rotatable bonds is 6. The first kappa shape index (κ1) is 16.1. The lowest BCUT2D eigenvalue weighted by Gasteiger charge is -2.07. The Bertz CT molecular complexity index is 584. The van der Waals surface area contributed by atoms with E-state index >= 15 is 0 Å². The van der Waals surface area contributed by atoms with E-state index in [2.05, 4.69) is 22.4 Å². The molecule has 8 heteroatoms. The lowest BCUT2D eigenvalue weighted by atomic mass is 10.1. The van der Waals surface area contributed by atoms with E-state index in [1.165, 1.54) is 35.2 Å². The molecule has 0 fully saturated rings. The standard InChI is InChI=1S/C13H14F3N3S2/c1-2-6-17-11-18-19-12(21-11)20-8-9-4-3-5-10(7-9)13(14,15)16/h3-5,7H,2,6,8H2,1H3,(H,17,18). The lowest BCUT2D eigenvalue weighted by Crippen LogP contribution is -2.04. The van der Waals surface area contributed by atoms with Crippen LogP contribution in [0.4, 0.5) is 18.3 Å².